The molecular formula is C21H24FN3O5S. The molecule has 31 heavy (non-hydrogen) atoms. The van der Waals surface area contributed by atoms with Gasteiger partial charge in [0.15, 0.2) is 0 Å². The summed E-state index contributed by atoms with van der Waals surface area (Å²) in [6.45, 7) is 2.35. The predicted molar refractivity (Wildman–Crippen MR) is 114 cm³/mol. The van der Waals surface area contributed by atoms with Crippen LogP contribution < -0.4 is 10.2 Å². The number of fused-ring (bicyclic) bond motifs is 1. The quantitative estimate of drug-likeness (QED) is 0.543. The number of halogens is 1. The van der Waals surface area contributed by atoms with Gasteiger partial charge in [-0.05, 0) is 29.8 Å². The molecule has 1 saturated heterocycles. The number of ether oxygens (including phenoxy) is 2. The highest BCUT2D eigenvalue weighted by atomic mass is 32.1. The van der Waals surface area contributed by atoms with Crippen molar-refractivity contribution in [3.05, 3.63) is 65.0 Å². The molecule has 0 spiro atoms. The topological polar surface area (TPSA) is 91.3 Å². The molecule has 2 N–H and O–H groups in total. The van der Waals surface area contributed by atoms with Crippen molar-refractivity contribution in [2.24, 2.45) is 0 Å². The lowest BCUT2D eigenvalue weighted by atomic mass is 10.1. The zero-order chi connectivity index (χ0) is 21.1. The number of morpholine rings is 1. The largest absolute Gasteiger partial charge is 0.491 e. The van der Waals surface area contributed by atoms with Gasteiger partial charge in [-0.25, -0.2) is 14.7 Å². The summed E-state index contributed by atoms with van der Waals surface area (Å²) < 4.78 is 24.8. The molecule has 0 aromatic heterocycles. The Hall–Kier alpha value is -2.82. The van der Waals surface area contributed by atoms with Crippen molar-refractivity contribution in [1.29, 1.82) is 0 Å². The molecule has 3 amide bonds. The SMILES string of the molecule is O=C(NO)c1ccc2c(c1)OC[C@H](c1ccc(F)cc1)N(C(=O)N1CCOCC1)C2.S. The van der Waals surface area contributed by atoms with E-state index in [1.54, 1.807) is 39.5 Å². The molecule has 2 aliphatic heterocycles. The Bertz CT molecular complexity index is 937. The fourth-order valence-electron chi connectivity index (χ4n) is 3.68. The number of amides is 3. The van der Waals surface area contributed by atoms with Crippen LogP contribution in [0.1, 0.15) is 27.5 Å². The summed E-state index contributed by atoms with van der Waals surface area (Å²) in [5.41, 5.74) is 3.32. The van der Waals surface area contributed by atoms with Gasteiger partial charge in [-0.2, -0.15) is 13.5 Å². The van der Waals surface area contributed by atoms with Gasteiger partial charge in [0.05, 0.1) is 25.8 Å². The van der Waals surface area contributed by atoms with E-state index in [1.807, 2.05) is 0 Å². The van der Waals surface area contributed by atoms with Gasteiger partial charge in [-0.15, -0.1) is 0 Å². The van der Waals surface area contributed by atoms with E-state index in [0.29, 0.717) is 32.1 Å². The summed E-state index contributed by atoms with van der Waals surface area (Å²) in [7, 11) is 0. The first-order valence-electron chi connectivity index (χ1n) is 9.65. The van der Waals surface area contributed by atoms with Crippen molar-refractivity contribution < 1.29 is 28.7 Å². The molecule has 2 aromatic rings. The number of hydroxylamine groups is 1. The maximum absolute atomic E-state index is 13.5. The lowest BCUT2D eigenvalue weighted by Gasteiger charge is -2.36. The van der Waals surface area contributed by atoms with Gasteiger partial charge in [0, 0.05) is 24.2 Å². The summed E-state index contributed by atoms with van der Waals surface area (Å²) >= 11 is 0. The first kappa shape index (κ1) is 22.9. The maximum Gasteiger partial charge on any atom is 0.321 e. The van der Waals surface area contributed by atoms with Crippen LogP contribution in [-0.4, -0.2) is 59.9 Å². The summed E-state index contributed by atoms with van der Waals surface area (Å²) in [6.07, 6.45) is 0. The molecule has 2 heterocycles. The first-order chi connectivity index (χ1) is 14.6. The number of benzene rings is 2. The van der Waals surface area contributed by atoms with Crippen molar-refractivity contribution in [2.75, 3.05) is 32.9 Å². The lowest BCUT2D eigenvalue weighted by molar-refractivity contribution is 0.0362. The number of carbonyl (C=O) groups excluding carboxylic acids is 2. The summed E-state index contributed by atoms with van der Waals surface area (Å²) in [5, 5.41) is 8.88. The van der Waals surface area contributed by atoms with Gasteiger partial charge in [0.1, 0.15) is 18.2 Å². The molecule has 10 heteroatoms. The number of hydrogen-bond donors (Lipinski definition) is 2. The van der Waals surface area contributed by atoms with Crippen LogP contribution in [0.15, 0.2) is 42.5 Å². The van der Waals surface area contributed by atoms with Gasteiger partial charge < -0.3 is 19.3 Å². The van der Waals surface area contributed by atoms with E-state index in [4.69, 9.17) is 14.7 Å². The van der Waals surface area contributed by atoms with Gasteiger partial charge in [-0.3, -0.25) is 10.0 Å². The highest BCUT2D eigenvalue weighted by molar-refractivity contribution is 7.59. The molecule has 0 radical (unpaired) electrons. The van der Waals surface area contributed by atoms with Crippen LogP contribution in [0.3, 0.4) is 0 Å². The normalized spacial score (nSPS) is 18.2. The van der Waals surface area contributed by atoms with Crippen molar-refractivity contribution in [1.82, 2.24) is 15.3 Å². The summed E-state index contributed by atoms with van der Waals surface area (Å²) in [6, 6.07) is 10.2. The summed E-state index contributed by atoms with van der Waals surface area (Å²) in [4.78, 5) is 28.5. The molecule has 0 saturated carbocycles. The number of rotatable bonds is 2. The average Bonchev–Trinajstić information content (AvgIpc) is 2.98. The average molecular weight is 450 g/mol. The van der Waals surface area contributed by atoms with Crippen molar-refractivity contribution >= 4 is 25.4 Å². The van der Waals surface area contributed by atoms with E-state index >= 15 is 0 Å². The molecular weight excluding hydrogens is 425 g/mol. The zero-order valence-corrected chi connectivity index (χ0v) is 17.7. The smallest absolute Gasteiger partial charge is 0.321 e. The van der Waals surface area contributed by atoms with Crippen LogP contribution in [-0.2, 0) is 11.3 Å². The predicted octanol–water partition coefficient (Wildman–Crippen LogP) is 2.45. The molecule has 0 bridgehead atoms. The van der Waals surface area contributed by atoms with Crippen LogP contribution in [0.25, 0.3) is 0 Å². The minimum Gasteiger partial charge on any atom is -0.491 e. The minimum atomic E-state index is -0.651. The summed E-state index contributed by atoms with van der Waals surface area (Å²) in [5.74, 6) is -0.551. The molecule has 1 fully saturated rings. The molecule has 166 valence electrons. The second-order valence-corrected chi connectivity index (χ2v) is 7.15. The van der Waals surface area contributed by atoms with Crippen LogP contribution >= 0.6 is 13.5 Å². The zero-order valence-electron chi connectivity index (χ0n) is 16.7. The molecule has 0 unspecified atom stereocenters. The van der Waals surface area contributed by atoms with E-state index in [2.05, 4.69) is 0 Å². The molecule has 2 aliphatic rings. The minimum absolute atomic E-state index is 0. The highest BCUT2D eigenvalue weighted by Gasteiger charge is 2.33. The van der Waals surface area contributed by atoms with Gasteiger partial charge in [0.2, 0.25) is 0 Å². The number of nitrogens with zero attached hydrogens (tertiary/aromatic N) is 2. The Morgan fingerprint density at radius 1 is 1.10 bits per heavy atom. The molecule has 1 atom stereocenters. The van der Waals surface area contributed by atoms with Crippen LogP contribution in [0.4, 0.5) is 9.18 Å². The Labute approximate surface area is 185 Å². The standard InChI is InChI=1S/C21H22FN3O5.H2S/c22-17-5-3-14(4-6-17)18-13-30-19-11-15(20(26)23-28)1-2-16(19)12-25(18)21(27)24-7-9-29-10-8-24;/h1-6,11,18,28H,7-10,12-13H2,(H,23,26);1H2/t18-;/m1./s1. The van der Waals surface area contributed by atoms with Gasteiger partial charge in [-0.1, -0.05) is 18.2 Å². The second kappa shape index (κ2) is 9.99. The third-order valence-corrected chi connectivity index (χ3v) is 5.33. The number of hydrogen-bond acceptors (Lipinski definition) is 5. The molecule has 2 aromatic carbocycles. The van der Waals surface area contributed by atoms with Crippen molar-refractivity contribution in [3.63, 3.8) is 0 Å². The Morgan fingerprint density at radius 2 is 1.81 bits per heavy atom. The second-order valence-electron chi connectivity index (χ2n) is 7.15. The Morgan fingerprint density at radius 3 is 2.48 bits per heavy atom. The molecule has 0 aliphatic carbocycles. The van der Waals surface area contributed by atoms with E-state index < -0.39 is 11.9 Å². The third kappa shape index (κ3) is 4.92. The molecule has 8 nitrogen and oxygen atoms in total. The third-order valence-electron chi connectivity index (χ3n) is 5.33. The lowest BCUT2D eigenvalue weighted by Crippen LogP contribution is -2.49. The number of nitrogens with one attached hydrogen (secondary N) is 1. The highest BCUT2D eigenvalue weighted by Crippen LogP contribution is 2.33. The first-order valence-corrected chi connectivity index (χ1v) is 9.65. The Balaban J connectivity index is 0.00000272. The van der Waals surface area contributed by atoms with E-state index in [0.717, 1.165) is 11.1 Å². The van der Waals surface area contributed by atoms with Gasteiger partial charge in [0.25, 0.3) is 5.91 Å². The van der Waals surface area contributed by atoms with Gasteiger partial charge >= 0.3 is 6.03 Å². The van der Waals surface area contributed by atoms with E-state index in [1.165, 1.54) is 18.2 Å². The van der Waals surface area contributed by atoms with Crippen LogP contribution in [0, 0.1) is 5.82 Å². The van der Waals surface area contributed by atoms with Crippen molar-refractivity contribution in [2.45, 2.75) is 12.6 Å². The number of urea groups is 1. The van der Waals surface area contributed by atoms with Crippen LogP contribution in [0.2, 0.25) is 0 Å². The maximum atomic E-state index is 13.5. The fourth-order valence-corrected chi connectivity index (χ4v) is 3.68. The number of carbonyl (C=O) groups is 2. The molecule has 4 rings (SSSR count). The van der Waals surface area contributed by atoms with Crippen LogP contribution in [0.5, 0.6) is 5.75 Å². The van der Waals surface area contributed by atoms with E-state index in [-0.39, 0.29) is 44.1 Å². The fraction of sp³-hybridized carbons (Fsp3) is 0.333. The van der Waals surface area contributed by atoms with E-state index in [9.17, 15) is 14.0 Å². The monoisotopic (exact) mass is 449 g/mol. The van der Waals surface area contributed by atoms with Crippen molar-refractivity contribution in [3.8, 4) is 5.75 Å². The Kier molecular flexibility index (Phi) is 7.37.